The fourth-order valence-electron chi connectivity index (χ4n) is 4.68. The van der Waals surface area contributed by atoms with Crippen molar-refractivity contribution in [3.8, 4) is 0 Å². The van der Waals surface area contributed by atoms with Crippen LogP contribution >= 0.6 is 0 Å². The van der Waals surface area contributed by atoms with Crippen LogP contribution in [0.4, 0.5) is 0 Å². The lowest BCUT2D eigenvalue weighted by atomic mass is 10.0. The van der Waals surface area contributed by atoms with Crippen molar-refractivity contribution in [2.45, 2.75) is 26.3 Å². The van der Waals surface area contributed by atoms with Gasteiger partial charge in [-0.25, -0.2) is 0 Å². The molecule has 0 bridgehead atoms. The van der Waals surface area contributed by atoms with E-state index >= 15 is 0 Å². The van der Waals surface area contributed by atoms with Crippen LogP contribution in [0.2, 0.25) is 0 Å². The maximum absolute atomic E-state index is 12.3. The zero-order valence-corrected chi connectivity index (χ0v) is 16.2. The second kappa shape index (κ2) is 6.83. The maximum Gasteiger partial charge on any atom is 0.163 e. The third-order valence-corrected chi connectivity index (χ3v) is 6.19. The third-order valence-electron chi connectivity index (χ3n) is 6.19. The van der Waals surface area contributed by atoms with Gasteiger partial charge in [-0.05, 0) is 49.2 Å². The lowest BCUT2D eigenvalue weighted by molar-refractivity contribution is 0.0366. The van der Waals surface area contributed by atoms with E-state index in [1.165, 1.54) is 0 Å². The summed E-state index contributed by atoms with van der Waals surface area (Å²) in [5, 5.41) is 2.25. The number of carbonyl (C=O) groups excluding carboxylic acids is 2. The monoisotopic (exact) mass is 376 g/mol. The van der Waals surface area contributed by atoms with Crippen LogP contribution in [-0.2, 0) is 17.7 Å². The highest BCUT2D eigenvalue weighted by atomic mass is 16.5. The summed E-state index contributed by atoms with van der Waals surface area (Å²) < 4.78 is 7.82. The fourth-order valence-corrected chi connectivity index (χ4v) is 4.68. The minimum Gasteiger partial charge on any atom is -0.379 e. The second-order valence-electron chi connectivity index (χ2n) is 7.80. The Balaban J connectivity index is 1.67. The molecule has 28 heavy (non-hydrogen) atoms. The van der Waals surface area contributed by atoms with Gasteiger partial charge in [0.05, 0.1) is 13.2 Å². The number of hydrogen-bond donors (Lipinski definition) is 0. The first-order valence-electron chi connectivity index (χ1n) is 10.1. The number of carbonyl (C=O) groups is 2. The quantitative estimate of drug-likeness (QED) is 0.655. The summed E-state index contributed by atoms with van der Waals surface area (Å²) in [6.45, 7) is 6.98. The molecule has 5 rings (SSSR count). The molecule has 0 radical (unpaired) electrons. The number of rotatable bonds is 4. The zero-order valence-electron chi connectivity index (χ0n) is 16.2. The van der Waals surface area contributed by atoms with E-state index in [0.717, 1.165) is 84.3 Å². The highest BCUT2D eigenvalue weighted by Gasteiger charge is 2.25. The fraction of sp³-hybridized carbons (Fsp3) is 0.391. The molecule has 0 N–H and O–H groups in total. The van der Waals surface area contributed by atoms with Gasteiger partial charge in [0.1, 0.15) is 0 Å². The molecular weight excluding hydrogens is 352 g/mol. The van der Waals surface area contributed by atoms with Gasteiger partial charge >= 0.3 is 0 Å². The van der Waals surface area contributed by atoms with Crippen molar-refractivity contribution in [2.75, 3.05) is 32.8 Å². The molecule has 1 aliphatic carbocycles. The maximum atomic E-state index is 12.3. The molecule has 144 valence electrons. The largest absolute Gasteiger partial charge is 0.379 e. The number of aryl methyl sites for hydroxylation is 1. The number of ketones is 2. The van der Waals surface area contributed by atoms with E-state index in [0.29, 0.717) is 6.42 Å². The van der Waals surface area contributed by atoms with E-state index in [4.69, 9.17) is 4.74 Å². The summed E-state index contributed by atoms with van der Waals surface area (Å²) in [7, 11) is 0. The number of morpholine rings is 1. The molecule has 0 amide bonds. The Morgan fingerprint density at radius 1 is 1.04 bits per heavy atom. The SMILES string of the molecule is CC(=O)c1ccc2c(c1)c1c3c(ccc1n2CCN1CCOCC1)C(=O)CC3. The number of ether oxygens (including phenoxy) is 1. The van der Waals surface area contributed by atoms with E-state index in [1.807, 2.05) is 18.2 Å². The Bertz CT molecular complexity index is 1110. The molecule has 2 aliphatic rings. The average Bonchev–Trinajstić information content (AvgIpc) is 3.24. The van der Waals surface area contributed by atoms with Crippen LogP contribution in [0.1, 0.15) is 39.6 Å². The van der Waals surface area contributed by atoms with E-state index < -0.39 is 0 Å². The summed E-state index contributed by atoms with van der Waals surface area (Å²) in [4.78, 5) is 26.7. The summed E-state index contributed by atoms with van der Waals surface area (Å²) in [6.07, 6.45) is 1.37. The number of nitrogens with zero attached hydrogens (tertiary/aromatic N) is 2. The highest BCUT2D eigenvalue weighted by molar-refractivity contribution is 6.16. The second-order valence-corrected chi connectivity index (χ2v) is 7.80. The van der Waals surface area contributed by atoms with E-state index in [-0.39, 0.29) is 11.6 Å². The Labute approximate surface area is 163 Å². The predicted molar refractivity (Wildman–Crippen MR) is 109 cm³/mol. The topological polar surface area (TPSA) is 51.5 Å². The van der Waals surface area contributed by atoms with Crippen molar-refractivity contribution in [3.63, 3.8) is 0 Å². The van der Waals surface area contributed by atoms with Crippen LogP contribution in [0, 0.1) is 0 Å². The Morgan fingerprint density at radius 2 is 1.82 bits per heavy atom. The van der Waals surface area contributed by atoms with Gasteiger partial charge in [0.25, 0.3) is 0 Å². The first kappa shape index (κ1) is 17.6. The molecule has 2 heterocycles. The van der Waals surface area contributed by atoms with Crippen molar-refractivity contribution in [2.24, 2.45) is 0 Å². The van der Waals surface area contributed by atoms with Gasteiger partial charge in [-0.1, -0.05) is 0 Å². The van der Waals surface area contributed by atoms with Crippen molar-refractivity contribution in [1.82, 2.24) is 9.47 Å². The smallest absolute Gasteiger partial charge is 0.163 e. The molecule has 0 unspecified atom stereocenters. The van der Waals surface area contributed by atoms with Crippen LogP contribution in [0.25, 0.3) is 21.8 Å². The minimum absolute atomic E-state index is 0.0692. The van der Waals surface area contributed by atoms with Crippen LogP contribution in [0.3, 0.4) is 0 Å². The Kier molecular flexibility index (Phi) is 4.29. The molecule has 0 spiro atoms. The Morgan fingerprint density at radius 3 is 2.61 bits per heavy atom. The van der Waals surface area contributed by atoms with Crippen LogP contribution < -0.4 is 0 Å². The predicted octanol–water partition coefficient (Wildman–Crippen LogP) is 3.46. The number of fused-ring (bicyclic) bond motifs is 5. The first-order chi connectivity index (χ1) is 13.6. The number of benzene rings is 2. The lowest BCUT2D eigenvalue weighted by Crippen LogP contribution is -2.38. The minimum atomic E-state index is 0.0692. The van der Waals surface area contributed by atoms with Crippen LogP contribution in [0.15, 0.2) is 30.3 Å². The normalized spacial score (nSPS) is 17.5. The summed E-state index contributed by atoms with van der Waals surface area (Å²) in [5.74, 6) is 0.300. The summed E-state index contributed by atoms with van der Waals surface area (Å²) in [6, 6.07) is 10.1. The average molecular weight is 376 g/mol. The van der Waals surface area contributed by atoms with Crippen molar-refractivity contribution in [3.05, 3.63) is 47.0 Å². The Hall–Kier alpha value is -2.50. The third kappa shape index (κ3) is 2.77. The van der Waals surface area contributed by atoms with Gasteiger partial charge in [0.2, 0.25) is 0 Å². The van der Waals surface area contributed by atoms with Gasteiger partial charge in [-0.2, -0.15) is 0 Å². The van der Waals surface area contributed by atoms with Crippen molar-refractivity contribution in [1.29, 1.82) is 0 Å². The van der Waals surface area contributed by atoms with E-state index in [1.54, 1.807) is 6.92 Å². The molecule has 1 fully saturated rings. The molecular formula is C23H24N2O3. The molecule has 5 heteroatoms. The standard InChI is InChI=1S/C23H24N2O3/c1-15(26)16-2-5-20-19(14-16)23-18-4-7-22(27)17(18)3-6-21(23)25(20)9-8-24-10-12-28-13-11-24/h2-3,5-6,14H,4,7-13H2,1H3. The van der Waals surface area contributed by atoms with Gasteiger partial charge in [-0.3, -0.25) is 14.5 Å². The number of hydrogen-bond acceptors (Lipinski definition) is 4. The molecule has 3 aromatic rings. The van der Waals surface area contributed by atoms with Crippen LogP contribution in [-0.4, -0.2) is 53.9 Å². The molecule has 5 nitrogen and oxygen atoms in total. The molecule has 2 aromatic carbocycles. The van der Waals surface area contributed by atoms with Gasteiger partial charge < -0.3 is 9.30 Å². The molecule has 0 atom stereocenters. The number of aromatic nitrogens is 1. The van der Waals surface area contributed by atoms with Crippen LogP contribution in [0.5, 0.6) is 0 Å². The highest BCUT2D eigenvalue weighted by Crippen LogP contribution is 2.37. The molecule has 0 saturated carbocycles. The molecule has 1 saturated heterocycles. The van der Waals surface area contributed by atoms with Crippen molar-refractivity contribution < 1.29 is 14.3 Å². The van der Waals surface area contributed by atoms with Gasteiger partial charge in [-0.15, -0.1) is 0 Å². The van der Waals surface area contributed by atoms with E-state index in [2.05, 4.69) is 21.6 Å². The zero-order chi connectivity index (χ0) is 19.3. The van der Waals surface area contributed by atoms with Gasteiger partial charge in [0, 0.05) is 65.5 Å². The van der Waals surface area contributed by atoms with Crippen molar-refractivity contribution >= 4 is 33.4 Å². The summed E-state index contributed by atoms with van der Waals surface area (Å²) in [5.41, 5.74) is 5.03. The molecule has 1 aliphatic heterocycles. The molecule has 1 aromatic heterocycles. The number of Topliss-reactive ketones (excluding diaryl/α,β-unsaturated/α-hetero) is 2. The lowest BCUT2D eigenvalue weighted by Gasteiger charge is -2.26. The van der Waals surface area contributed by atoms with Gasteiger partial charge in [0.15, 0.2) is 11.6 Å². The van der Waals surface area contributed by atoms with E-state index in [9.17, 15) is 9.59 Å². The summed E-state index contributed by atoms with van der Waals surface area (Å²) >= 11 is 0. The first-order valence-corrected chi connectivity index (χ1v) is 10.1.